The van der Waals surface area contributed by atoms with Crippen LogP contribution in [-0.2, 0) is 0 Å². The Morgan fingerprint density at radius 2 is 2.29 bits per heavy atom. The molecule has 1 aromatic rings. The van der Waals surface area contributed by atoms with Crippen molar-refractivity contribution in [2.45, 2.75) is 18.9 Å². The van der Waals surface area contributed by atoms with Gasteiger partial charge >= 0.3 is 0 Å². The molecule has 1 aromatic carbocycles. The van der Waals surface area contributed by atoms with Crippen LogP contribution in [0.15, 0.2) is 22.7 Å². The lowest BCUT2D eigenvalue weighted by atomic mass is 10.1. The summed E-state index contributed by atoms with van der Waals surface area (Å²) in [4.78, 5) is 2.53. The third-order valence-electron chi connectivity index (χ3n) is 2.98. The molecule has 0 bridgehead atoms. The smallest absolute Gasteiger partial charge is 0.107 e. The minimum absolute atomic E-state index is 0.262. The van der Waals surface area contributed by atoms with Gasteiger partial charge in [0, 0.05) is 28.8 Å². The lowest BCUT2D eigenvalue weighted by Crippen LogP contribution is -2.39. The second-order valence-corrected chi connectivity index (χ2v) is 5.53. The standard InChI is InChI=1S/C12H15BrN2OS/c13-9-4-1-5-10(11(9)12(14)17)15-6-2-3-8(16)7-15/h1,4-5,8,16H,2-3,6-7H2,(H2,14,17). The molecule has 1 atom stereocenters. The van der Waals surface area contributed by atoms with Crippen LogP contribution in [-0.4, -0.2) is 29.3 Å². The van der Waals surface area contributed by atoms with Gasteiger partial charge in [-0.2, -0.15) is 0 Å². The predicted molar refractivity (Wildman–Crippen MR) is 77.5 cm³/mol. The van der Waals surface area contributed by atoms with Crippen LogP contribution in [0.3, 0.4) is 0 Å². The van der Waals surface area contributed by atoms with E-state index in [0.29, 0.717) is 11.5 Å². The number of β-amino-alcohol motifs (C(OH)–C–C–N with tert-alkyl or cyclic N) is 1. The summed E-state index contributed by atoms with van der Waals surface area (Å²) in [7, 11) is 0. The molecular weight excluding hydrogens is 300 g/mol. The first-order valence-electron chi connectivity index (χ1n) is 5.61. The number of benzene rings is 1. The van der Waals surface area contributed by atoms with E-state index in [-0.39, 0.29) is 6.10 Å². The summed E-state index contributed by atoms with van der Waals surface area (Å²) < 4.78 is 0.905. The summed E-state index contributed by atoms with van der Waals surface area (Å²) in [5.41, 5.74) is 7.63. The molecule has 1 aliphatic heterocycles. The normalized spacial score (nSPS) is 20.4. The van der Waals surface area contributed by atoms with E-state index >= 15 is 0 Å². The maximum absolute atomic E-state index is 9.72. The molecule has 1 saturated heterocycles. The number of halogens is 1. The lowest BCUT2D eigenvalue weighted by Gasteiger charge is -2.33. The molecule has 0 amide bonds. The average molecular weight is 315 g/mol. The van der Waals surface area contributed by atoms with Crippen LogP contribution in [0.1, 0.15) is 18.4 Å². The molecule has 1 heterocycles. The van der Waals surface area contributed by atoms with Crippen LogP contribution in [0.25, 0.3) is 0 Å². The fourth-order valence-electron chi connectivity index (χ4n) is 2.19. The highest BCUT2D eigenvalue weighted by atomic mass is 79.9. The van der Waals surface area contributed by atoms with E-state index in [4.69, 9.17) is 18.0 Å². The molecular formula is C12H15BrN2OS. The van der Waals surface area contributed by atoms with Crippen LogP contribution in [0.2, 0.25) is 0 Å². The van der Waals surface area contributed by atoms with E-state index < -0.39 is 0 Å². The third-order valence-corrected chi connectivity index (χ3v) is 3.84. The second kappa shape index (κ2) is 5.33. The Morgan fingerprint density at radius 1 is 1.53 bits per heavy atom. The van der Waals surface area contributed by atoms with Crippen molar-refractivity contribution in [2.24, 2.45) is 5.73 Å². The number of nitrogens with two attached hydrogens (primary N) is 1. The molecule has 0 aliphatic carbocycles. The van der Waals surface area contributed by atoms with E-state index in [1.165, 1.54) is 0 Å². The fourth-order valence-corrected chi connectivity index (χ4v) is 3.11. The third kappa shape index (κ3) is 2.78. The summed E-state index contributed by atoms with van der Waals surface area (Å²) >= 11 is 8.57. The Labute approximate surface area is 115 Å². The molecule has 3 N–H and O–H groups in total. The minimum Gasteiger partial charge on any atom is -0.391 e. The molecule has 5 heteroatoms. The van der Waals surface area contributed by atoms with Crippen molar-refractivity contribution >= 4 is 38.8 Å². The van der Waals surface area contributed by atoms with Crippen LogP contribution in [0.4, 0.5) is 5.69 Å². The molecule has 0 radical (unpaired) electrons. The molecule has 1 unspecified atom stereocenters. The van der Waals surface area contributed by atoms with Crippen molar-refractivity contribution in [2.75, 3.05) is 18.0 Å². The van der Waals surface area contributed by atoms with Gasteiger partial charge in [0.05, 0.1) is 6.10 Å². The number of aliphatic hydroxyl groups is 1. The van der Waals surface area contributed by atoms with E-state index in [9.17, 15) is 5.11 Å². The number of hydrogen-bond donors (Lipinski definition) is 2. The van der Waals surface area contributed by atoms with Crippen LogP contribution in [0, 0.1) is 0 Å². The summed E-state index contributed by atoms with van der Waals surface area (Å²) in [5, 5.41) is 9.72. The van der Waals surface area contributed by atoms with E-state index in [0.717, 1.165) is 35.1 Å². The number of thiocarbonyl (C=S) groups is 1. The van der Waals surface area contributed by atoms with Gasteiger partial charge in [0.25, 0.3) is 0 Å². The first-order chi connectivity index (χ1) is 8.09. The van der Waals surface area contributed by atoms with Gasteiger partial charge in [-0.1, -0.05) is 18.3 Å². The maximum Gasteiger partial charge on any atom is 0.107 e. The topological polar surface area (TPSA) is 49.5 Å². The molecule has 1 aliphatic rings. The summed E-state index contributed by atoms with van der Waals surface area (Å²) in [6, 6.07) is 5.89. The molecule has 0 aromatic heterocycles. The van der Waals surface area contributed by atoms with Gasteiger partial charge < -0.3 is 15.7 Å². The summed E-state index contributed by atoms with van der Waals surface area (Å²) in [5.74, 6) is 0. The van der Waals surface area contributed by atoms with Gasteiger partial charge in [-0.15, -0.1) is 0 Å². The SMILES string of the molecule is NC(=S)c1c(Br)cccc1N1CCCC(O)C1. The number of aliphatic hydroxyl groups excluding tert-OH is 1. The van der Waals surface area contributed by atoms with Crippen molar-refractivity contribution in [1.82, 2.24) is 0 Å². The monoisotopic (exact) mass is 314 g/mol. The molecule has 0 saturated carbocycles. The van der Waals surface area contributed by atoms with Gasteiger partial charge in [-0.3, -0.25) is 0 Å². The summed E-state index contributed by atoms with van der Waals surface area (Å²) in [6.45, 7) is 1.58. The van der Waals surface area contributed by atoms with Gasteiger partial charge in [-0.05, 0) is 40.9 Å². The number of rotatable bonds is 2. The van der Waals surface area contributed by atoms with Crippen molar-refractivity contribution in [3.05, 3.63) is 28.2 Å². The number of hydrogen-bond acceptors (Lipinski definition) is 3. The van der Waals surface area contributed by atoms with Crippen molar-refractivity contribution in [1.29, 1.82) is 0 Å². The Bertz CT molecular complexity index is 439. The molecule has 2 rings (SSSR count). The summed E-state index contributed by atoms with van der Waals surface area (Å²) in [6.07, 6.45) is 1.60. The molecule has 0 spiro atoms. The molecule has 17 heavy (non-hydrogen) atoms. The first-order valence-corrected chi connectivity index (χ1v) is 6.81. The van der Waals surface area contributed by atoms with Crippen LogP contribution < -0.4 is 10.6 Å². The van der Waals surface area contributed by atoms with E-state index in [1.54, 1.807) is 0 Å². The van der Waals surface area contributed by atoms with Crippen LogP contribution >= 0.6 is 28.1 Å². The minimum atomic E-state index is -0.262. The zero-order valence-electron chi connectivity index (χ0n) is 9.40. The van der Waals surface area contributed by atoms with Gasteiger partial charge in [0.1, 0.15) is 4.99 Å². The van der Waals surface area contributed by atoms with Gasteiger partial charge in [-0.25, -0.2) is 0 Å². The Hall–Kier alpha value is -0.650. The predicted octanol–water partition coefficient (Wildman–Crippen LogP) is 2.04. The molecule has 92 valence electrons. The van der Waals surface area contributed by atoms with Crippen molar-refractivity contribution in [3.63, 3.8) is 0 Å². The zero-order valence-corrected chi connectivity index (χ0v) is 11.8. The highest BCUT2D eigenvalue weighted by Crippen LogP contribution is 2.29. The van der Waals surface area contributed by atoms with E-state index in [1.807, 2.05) is 18.2 Å². The molecule has 1 fully saturated rings. The van der Waals surface area contributed by atoms with Crippen molar-refractivity contribution < 1.29 is 5.11 Å². The van der Waals surface area contributed by atoms with Crippen molar-refractivity contribution in [3.8, 4) is 0 Å². The quantitative estimate of drug-likeness (QED) is 0.820. The second-order valence-electron chi connectivity index (χ2n) is 4.24. The fraction of sp³-hybridized carbons (Fsp3) is 0.417. The number of piperidine rings is 1. The van der Waals surface area contributed by atoms with Gasteiger partial charge in [0.2, 0.25) is 0 Å². The number of anilines is 1. The highest BCUT2D eigenvalue weighted by molar-refractivity contribution is 9.10. The largest absolute Gasteiger partial charge is 0.391 e. The Balaban J connectivity index is 2.37. The Kier molecular flexibility index (Phi) is 4.01. The van der Waals surface area contributed by atoms with Gasteiger partial charge in [0.15, 0.2) is 0 Å². The van der Waals surface area contributed by atoms with Crippen LogP contribution in [0.5, 0.6) is 0 Å². The lowest BCUT2D eigenvalue weighted by molar-refractivity contribution is 0.154. The van der Waals surface area contributed by atoms with E-state index in [2.05, 4.69) is 20.8 Å². The highest BCUT2D eigenvalue weighted by Gasteiger charge is 2.21. The average Bonchev–Trinajstić information content (AvgIpc) is 2.28. The zero-order chi connectivity index (χ0) is 12.4. The first kappa shape index (κ1) is 12.8. The number of nitrogens with zero attached hydrogens (tertiary/aromatic N) is 1. The maximum atomic E-state index is 9.72. The molecule has 3 nitrogen and oxygen atoms in total. The Morgan fingerprint density at radius 3 is 2.94 bits per heavy atom.